The van der Waals surface area contributed by atoms with Crippen molar-refractivity contribution < 1.29 is 0 Å². The van der Waals surface area contributed by atoms with Crippen LogP contribution in [0.25, 0.3) is 10.9 Å². The van der Waals surface area contributed by atoms with E-state index in [1.54, 1.807) is 0 Å². The van der Waals surface area contributed by atoms with E-state index in [9.17, 15) is 0 Å². The van der Waals surface area contributed by atoms with Crippen molar-refractivity contribution in [1.82, 2.24) is 14.7 Å². The lowest BCUT2D eigenvalue weighted by molar-refractivity contribution is 0.204. The SMILES string of the molecule is C[C@@H]1CC[C@@H](C)N1CCn1ncc2ccccc21. The smallest absolute Gasteiger partial charge is 0.0682 e. The van der Waals surface area contributed by atoms with Gasteiger partial charge in [-0.2, -0.15) is 5.10 Å². The molecule has 0 aliphatic carbocycles. The Morgan fingerprint density at radius 2 is 1.83 bits per heavy atom. The Balaban J connectivity index is 1.73. The molecule has 0 N–H and O–H groups in total. The van der Waals surface area contributed by atoms with Crippen molar-refractivity contribution in [2.45, 2.75) is 45.3 Å². The Hall–Kier alpha value is -1.35. The van der Waals surface area contributed by atoms with Gasteiger partial charge in [0, 0.05) is 24.0 Å². The molecule has 0 amide bonds. The molecule has 2 atom stereocenters. The Morgan fingerprint density at radius 1 is 1.11 bits per heavy atom. The van der Waals surface area contributed by atoms with Crippen molar-refractivity contribution >= 4 is 10.9 Å². The van der Waals surface area contributed by atoms with Crippen LogP contribution in [-0.4, -0.2) is 33.3 Å². The first-order valence-electron chi connectivity index (χ1n) is 6.92. The van der Waals surface area contributed by atoms with Crippen molar-refractivity contribution in [3.8, 4) is 0 Å². The summed E-state index contributed by atoms with van der Waals surface area (Å²) >= 11 is 0. The summed E-state index contributed by atoms with van der Waals surface area (Å²) in [5.74, 6) is 0. The van der Waals surface area contributed by atoms with Gasteiger partial charge in [0.25, 0.3) is 0 Å². The summed E-state index contributed by atoms with van der Waals surface area (Å²) < 4.78 is 2.13. The molecule has 1 fully saturated rings. The maximum absolute atomic E-state index is 4.50. The van der Waals surface area contributed by atoms with E-state index in [1.165, 1.54) is 23.7 Å². The number of hydrogen-bond acceptors (Lipinski definition) is 2. The molecule has 3 rings (SSSR count). The molecular weight excluding hydrogens is 222 g/mol. The lowest BCUT2D eigenvalue weighted by atomic mass is 10.2. The van der Waals surface area contributed by atoms with Crippen molar-refractivity contribution in [3.05, 3.63) is 30.5 Å². The van der Waals surface area contributed by atoms with Crippen LogP contribution in [0.5, 0.6) is 0 Å². The Labute approximate surface area is 108 Å². The van der Waals surface area contributed by atoms with Gasteiger partial charge in [-0.15, -0.1) is 0 Å². The van der Waals surface area contributed by atoms with Crippen LogP contribution in [-0.2, 0) is 6.54 Å². The number of fused-ring (bicyclic) bond motifs is 1. The molecule has 2 aromatic rings. The van der Waals surface area contributed by atoms with Gasteiger partial charge in [0.05, 0.1) is 18.3 Å². The summed E-state index contributed by atoms with van der Waals surface area (Å²) in [5.41, 5.74) is 1.25. The van der Waals surface area contributed by atoms with Crippen molar-refractivity contribution in [2.75, 3.05) is 6.54 Å². The van der Waals surface area contributed by atoms with Gasteiger partial charge >= 0.3 is 0 Å². The number of hydrogen-bond donors (Lipinski definition) is 0. The number of likely N-dealkylation sites (tertiary alicyclic amines) is 1. The van der Waals surface area contributed by atoms with Crippen LogP contribution in [0.1, 0.15) is 26.7 Å². The van der Waals surface area contributed by atoms with Gasteiger partial charge in [-0.05, 0) is 32.8 Å². The fourth-order valence-corrected chi connectivity index (χ4v) is 3.10. The van der Waals surface area contributed by atoms with E-state index in [0.29, 0.717) is 0 Å². The van der Waals surface area contributed by atoms with E-state index in [-0.39, 0.29) is 0 Å². The molecule has 1 aliphatic rings. The zero-order chi connectivity index (χ0) is 12.5. The summed E-state index contributed by atoms with van der Waals surface area (Å²) in [5, 5.41) is 5.73. The second kappa shape index (κ2) is 4.73. The lowest BCUT2D eigenvalue weighted by Crippen LogP contribution is -2.35. The lowest BCUT2D eigenvalue weighted by Gasteiger charge is -2.25. The molecule has 2 heterocycles. The fourth-order valence-electron chi connectivity index (χ4n) is 3.10. The Bertz CT molecular complexity index is 521. The van der Waals surface area contributed by atoms with Crippen LogP contribution in [0.4, 0.5) is 0 Å². The van der Waals surface area contributed by atoms with Crippen LogP contribution in [0.3, 0.4) is 0 Å². The highest BCUT2D eigenvalue weighted by molar-refractivity contribution is 5.78. The summed E-state index contributed by atoms with van der Waals surface area (Å²) in [7, 11) is 0. The highest BCUT2D eigenvalue weighted by atomic mass is 15.3. The first-order chi connectivity index (χ1) is 8.75. The third-order valence-electron chi connectivity index (χ3n) is 4.26. The second-order valence-corrected chi connectivity index (χ2v) is 5.44. The first-order valence-corrected chi connectivity index (χ1v) is 6.92. The third-order valence-corrected chi connectivity index (χ3v) is 4.26. The number of aromatic nitrogens is 2. The molecule has 1 aromatic carbocycles. The zero-order valence-corrected chi connectivity index (χ0v) is 11.2. The molecule has 0 unspecified atom stereocenters. The van der Waals surface area contributed by atoms with Gasteiger partial charge in [0.2, 0.25) is 0 Å². The average Bonchev–Trinajstić information content (AvgIpc) is 2.93. The standard InChI is InChI=1S/C15H21N3/c1-12-7-8-13(2)17(12)9-10-18-15-6-4-3-5-14(15)11-16-18/h3-6,11-13H,7-10H2,1-2H3/t12-,13-/m1/s1. The zero-order valence-electron chi connectivity index (χ0n) is 11.2. The quantitative estimate of drug-likeness (QED) is 0.826. The maximum Gasteiger partial charge on any atom is 0.0682 e. The van der Waals surface area contributed by atoms with Crippen molar-refractivity contribution in [3.63, 3.8) is 0 Å². The predicted octanol–water partition coefficient (Wildman–Crippen LogP) is 2.91. The molecule has 3 heteroatoms. The molecule has 0 bridgehead atoms. The van der Waals surface area contributed by atoms with Gasteiger partial charge in [0.1, 0.15) is 0 Å². The molecule has 96 valence electrons. The first kappa shape index (κ1) is 11.7. The van der Waals surface area contributed by atoms with E-state index >= 15 is 0 Å². The molecule has 1 aromatic heterocycles. The van der Waals surface area contributed by atoms with Crippen LogP contribution in [0.2, 0.25) is 0 Å². The summed E-state index contributed by atoms with van der Waals surface area (Å²) in [6, 6.07) is 9.88. The van der Waals surface area contributed by atoms with Gasteiger partial charge in [-0.1, -0.05) is 18.2 Å². The molecular formula is C15H21N3. The predicted molar refractivity (Wildman–Crippen MR) is 74.6 cm³/mol. The molecule has 0 spiro atoms. The number of benzene rings is 1. The topological polar surface area (TPSA) is 21.1 Å². The van der Waals surface area contributed by atoms with Crippen LogP contribution < -0.4 is 0 Å². The second-order valence-electron chi connectivity index (χ2n) is 5.44. The largest absolute Gasteiger partial charge is 0.296 e. The summed E-state index contributed by atoms with van der Waals surface area (Å²) in [6.45, 7) is 6.77. The average molecular weight is 243 g/mol. The van der Waals surface area contributed by atoms with Gasteiger partial charge < -0.3 is 0 Å². The molecule has 0 saturated carbocycles. The van der Waals surface area contributed by atoms with E-state index in [1.807, 2.05) is 6.20 Å². The third kappa shape index (κ3) is 2.03. The van der Waals surface area contributed by atoms with Crippen LogP contribution in [0, 0.1) is 0 Å². The monoisotopic (exact) mass is 243 g/mol. The Morgan fingerprint density at radius 3 is 2.61 bits per heavy atom. The molecule has 3 nitrogen and oxygen atoms in total. The van der Waals surface area contributed by atoms with E-state index < -0.39 is 0 Å². The maximum atomic E-state index is 4.50. The fraction of sp³-hybridized carbons (Fsp3) is 0.533. The molecule has 1 aliphatic heterocycles. The number of rotatable bonds is 3. The summed E-state index contributed by atoms with van der Waals surface area (Å²) in [6.07, 6.45) is 4.63. The summed E-state index contributed by atoms with van der Waals surface area (Å²) in [4.78, 5) is 2.61. The molecule has 18 heavy (non-hydrogen) atoms. The minimum absolute atomic E-state index is 0.724. The van der Waals surface area contributed by atoms with Crippen molar-refractivity contribution in [1.29, 1.82) is 0 Å². The highest BCUT2D eigenvalue weighted by Gasteiger charge is 2.26. The number of para-hydroxylation sites is 1. The minimum atomic E-state index is 0.724. The number of nitrogens with zero attached hydrogens (tertiary/aromatic N) is 3. The normalized spacial score (nSPS) is 25.0. The highest BCUT2D eigenvalue weighted by Crippen LogP contribution is 2.23. The van der Waals surface area contributed by atoms with E-state index in [2.05, 4.69) is 52.8 Å². The Kier molecular flexibility index (Phi) is 3.08. The van der Waals surface area contributed by atoms with Crippen LogP contribution >= 0.6 is 0 Å². The molecule has 1 saturated heterocycles. The van der Waals surface area contributed by atoms with E-state index in [0.717, 1.165) is 25.2 Å². The van der Waals surface area contributed by atoms with Gasteiger partial charge in [-0.25, -0.2) is 0 Å². The van der Waals surface area contributed by atoms with E-state index in [4.69, 9.17) is 0 Å². The van der Waals surface area contributed by atoms with Crippen LogP contribution in [0.15, 0.2) is 30.5 Å². The van der Waals surface area contributed by atoms with Gasteiger partial charge in [0.15, 0.2) is 0 Å². The van der Waals surface area contributed by atoms with Crippen molar-refractivity contribution in [2.24, 2.45) is 0 Å². The minimum Gasteiger partial charge on any atom is -0.296 e. The molecule has 0 radical (unpaired) electrons. The van der Waals surface area contributed by atoms with Gasteiger partial charge in [-0.3, -0.25) is 9.58 Å².